The van der Waals surface area contributed by atoms with Gasteiger partial charge in [0, 0.05) is 13.1 Å². The quantitative estimate of drug-likeness (QED) is 0.177. The summed E-state index contributed by atoms with van der Waals surface area (Å²) in [5, 5.41) is 76.1. The summed E-state index contributed by atoms with van der Waals surface area (Å²) in [5.74, 6) is 0. The van der Waals surface area contributed by atoms with Crippen LogP contribution in [0.15, 0.2) is 0 Å². The van der Waals surface area contributed by atoms with Crippen molar-refractivity contribution in [1.82, 2.24) is 10.2 Å². The topological polar surface area (TPSA) is 177 Å². The van der Waals surface area contributed by atoms with Gasteiger partial charge in [-0.25, -0.2) is 0 Å². The number of likely N-dealkylation sites (tertiary alicyclic amines) is 1. The van der Waals surface area contributed by atoms with Gasteiger partial charge in [0.15, 0.2) is 18.9 Å². The minimum Gasteiger partial charge on any atom is -0.390 e. The average Bonchev–Trinajstić information content (AvgIpc) is 2.37. The highest BCUT2D eigenvalue weighted by Gasteiger charge is 2.36. The summed E-state index contributed by atoms with van der Waals surface area (Å²) in [7, 11) is 0. The first-order valence-electron chi connectivity index (χ1n) is 7.16. The van der Waals surface area contributed by atoms with Crippen LogP contribution in [0.3, 0.4) is 0 Å². The van der Waals surface area contributed by atoms with Crippen LogP contribution in [-0.4, -0.2) is 109 Å². The number of hydrogen-bond donors (Lipinski definition) is 9. The lowest BCUT2D eigenvalue weighted by Crippen LogP contribution is -2.60. The largest absolute Gasteiger partial charge is 0.390 e. The number of β-amino-alcohol motifs (C(OH)–C–C–N with tert-alkyl or cyclic N) is 1. The molecule has 10 nitrogen and oxygen atoms in total. The molecule has 1 aliphatic rings. The van der Waals surface area contributed by atoms with E-state index in [1.165, 1.54) is 0 Å². The zero-order chi connectivity index (χ0) is 16.9. The monoisotopic (exact) mass is 326 g/mol. The van der Waals surface area contributed by atoms with Crippen LogP contribution in [0.1, 0.15) is 12.8 Å². The molecule has 1 rings (SSSR count). The van der Waals surface area contributed by atoms with Crippen molar-refractivity contribution in [2.75, 3.05) is 19.6 Å². The standard InChI is InChI=1S/C12H26N2O8/c15-7(11(19)20)1-3-13-9(12(21)22)8(16)5-14-4-2-6(14)10(17)18/h6-13,15-22H,1-5H2. The summed E-state index contributed by atoms with van der Waals surface area (Å²) in [5.41, 5.74) is 0. The zero-order valence-corrected chi connectivity index (χ0v) is 12.1. The van der Waals surface area contributed by atoms with Gasteiger partial charge < -0.3 is 46.2 Å². The van der Waals surface area contributed by atoms with Crippen LogP contribution in [0.2, 0.25) is 0 Å². The van der Waals surface area contributed by atoms with Crippen molar-refractivity contribution in [3.8, 4) is 0 Å². The van der Waals surface area contributed by atoms with Gasteiger partial charge in [0.2, 0.25) is 0 Å². The van der Waals surface area contributed by atoms with Gasteiger partial charge in [-0.1, -0.05) is 0 Å². The maximum absolute atomic E-state index is 10.0. The fourth-order valence-electron chi connectivity index (χ4n) is 2.37. The molecule has 9 N–H and O–H groups in total. The minimum atomic E-state index is -1.89. The molecule has 1 heterocycles. The fraction of sp³-hybridized carbons (Fsp3) is 1.00. The second kappa shape index (κ2) is 9.03. The normalized spacial score (nSPS) is 23.9. The Labute approximate surface area is 127 Å². The lowest BCUT2D eigenvalue weighted by Gasteiger charge is -2.43. The Morgan fingerprint density at radius 3 is 1.95 bits per heavy atom. The molecule has 4 atom stereocenters. The summed E-state index contributed by atoms with van der Waals surface area (Å²) >= 11 is 0. The molecule has 0 spiro atoms. The number of hydrogen-bond acceptors (Lipinski definition) is 10. The van der Waals surface area contributed by atoms with Crippen molar-refractivity contribution in [3.05, 3.63) is 0 Å². The smallest absolute Gasteiger partial charge is 0.178 e. The van der Waals surface area contributed by atoms with Crippen LogP contribution >= 0.6 is 0 Å². The number of rotatable bonds is 10. The predicted molar refractivity (Wildman–Crippen MR) is 73.1 cm³/mol. The fourth-order valence-corrected chi connectivity index (χ4v) is 2.37. The second-order valence-corrected chi connectivity index (χ2v) is 5.50. The molecular formula is C12H26N2O8. The highest BCUT2D eigenvalue weighted by Crippen LogP contribution is 2.20. The highest BCUT2D eigenvalue weighted by molar-refractivity contribution is 4.89. The van der Waals surface area contributed by atoms with E-state index >= 15 is 0 Å². The Bertz CT molecular complexity index is 318. The van der Waals surface area contributed by atoms with Gasteiger partial charge in [0.25, 0.3) is 0 Å². The van der Waals surface area contributed by atoms with Crippen molar-refractivity contribution < 1.29 is 40.9 Å². The van der Waals surface area contributed by atoms with Gasteiger partial charge in [-0.2, -0.15) is 0 Å². The van der Waals surface area contributed by atoms with Crippen molar-refractivity contribution in [3.63, 3.8) is 0 Å². The zero-order valence-electron chi connectivity index (χ0n) is 12.1. The number of aliphatic hydroxyl groups is 8. The van der Waals surface area contributed by atoms with Crippen LogP contribution in [0.4, 0.5) is 0 Å². The third-order valence-electron chi connectivity index (χ3n) is 3.85. The molecular weight excluding hydrogens is 300 g/mol. The lowest BCUT2D eigenvalue weighted by molar-refractivity contribution is -0.149. The van der Waals surface area contributed by atoms with Crippen molar-refractivity contribution in [1.29, 1.82) is 0 Å². The molecule has 0 aliphatic carbocycles. The molecule has 1 saturated heterocycles. The maximum atomic E-state index is 10.0. The Hall–Kier alpha value is -0.400. The first-order valence-corrected chi connectivity index (χ1v) is 7.16. The summed E-state index contributed by atoms with van der Waals surface area (Å²) < 4.78 is 0. The minimum absolute atomic E-state index is 0.0166. The molecule has 1 fully saturated rings. The van der Waals surface area contributed by atoms with E-state index in [0.29, 0.717) is 13.0 Å². The predicted octanol–water partition coefficient (Wildman–Crippen LogP) is -4.94. The van der Waals surface area contributed by atoms with Gasteiger partial charge in [-0.15, -0.1) is 0 Å². The molecule has 0 radical (unpaired) electrons. The molecule has 0 bridgehead atoms. The van der Waals surface area contributed by atoms with E-state index < -0.39 is 43.2 Å². The van der Waals surface area contributed by atoms with Gasteiger partial charge in [-0.3, -0.25) is 4.90 Å². The van der Waals surface area contributed by atoms with Crippen molar-refractivity contribution >= 4 is 0 Å². The SMILES string of the molecule is OC(O)C(O)CCNC(C(O)O)C(O)CN1CCC1C(O)O. The van der Waals surface area contributed by atoms with Gasteiger partial charge in [0.1, 0.15) is 6.10 Å². The van der Waals surface area contributed by atoms with Crippen LogP contribution in [0.5, 0.6) is 0 Å². The van der Waals surface area contributed by atoms with Gasteiger partial charge >= 0.3 is 0 Å². The van der Waals surface area contributed by atoms with E-state index in [2.05, 4.69) is 5.32 Å². The molecule has 0 aromatic rings. The Morgan fingerprint density at radius 2 is 1.55 bits per heavy atom. The Balaban J connectivity index is 2.41. The van der Waals surface area contributed by atoms with Crippen LogP contribution in [-0.2, 0) is 0 Å². The molecule has 0 saturated carbocycles. The highest BCUT2D eigenvalue weighted by atomic mass is 16.5. The molecule has 0 amide bonds. The second-order valence-electron chi connectivity index (χ2n) is 5.50. The van der Waals surface area contributed by atoms with E-state index in [4.69, 9.17) is 20.4 Å². The van der Waals surface area contributed by atoms with E-state index in [1.807, 2.05) is 0 Å². The molecule has 4 unspecified atom stereocenters. The third-order valence-corrected chi connectivity index (χ3v) is 3.85. The Morgan fingerprint density at radius 1 is 0.909 bits per heavy atom. The average molecular weight is 326 g/mol. The summed E-state index contributed by atoms with van der Waals surface area (Å²) in [4.78, 5) is 1.61. The van der Waals surface area contributed by atoms with E-state index in [0.717, 1.165) is 0 Å². The van der Waals surface area contributed by atoms with Crippen LogP contribution in [0.25, 0.3) is 0 Å². The lowest BCUT2D eigenvalue weighted by atomic mass is 10.00. The third kappa shape index (κ3) is 5.66. The van der Waals surface area contributed by atoms with Crippen molar-refractivity contribution in [2.24, 2.45) is 0 Å². The Kier molecular flexibility index (Phi) is 8.07. The molecule has 10 heteroatoms. The van der Waals surface area contributed by atoms with Crippen molar-refractivity contribution in [2.45, 2.75) is 56.0 Å². The molecule has 0 aromatic heterocycles. The summed E-state index contributed by atoms with van der Waals surface area (Å²) in [6.45, 7) is 0.593. The van der Waals surface area contributed by atoms with E-state index in [-0.39, 0.29) is 19.5 Å². The van der Waals surface area contributed by atoms with E-state index in [1.54, 1.807) is 4.90 Å². The number of nitrogens with zero attached hydrogens (tertiary/aromatic N) is 1. The number of aliphatic hydroxyl groups excluding tert-OH is 5. The van der Waals surface area contributed by atoms with Gasteiger partial charge in [0.05, 0.1) is 18.2 Å². The molecule has 22 heavy (non-hydrogen) atoms. The van der Waals surface area contributed by atoms with E-state index in [9.17, 15) is 20.4 Å². The maximum Gasteiger partial charge on any atom is 0.178 e. The number of nitrogens with one attached hydrogen (secondary N) is 1. The molecule has 1 aliphatic heterocycles. The van der Waals surface area contributed by atoms with Crippen LogP contribution in [0, 0.1) is 0 Å². The summed E-state index contributed by atoms with van der Waals surface area (Å²) in [6.07, 6.45) is -7.35. The first-order chi connectivity index (χ1) is 10.2. The summed E-state index contributed by atoms with van der Waals surface area (Å²) in [6, 6.07) is -1.61. The first kappa shape index (κ1) is 19.6. The van der Waals surface area contributed by atoms with Gasteiger partial charge in [-0.05, 0) is 19.4 Å². The van der Waals surface area contributed by atoms with Crippen LogP contribution < -0.4 is 5.32 Å². The molecule has 132 valence electrons. The molecule has 0 aromatic carbocycles.